The third-order valence-corrected chi connectivity index (χ3v) is 8.68. The van der Waals surface area contributed by atoms with E-state index in [0.717, 1.165) is 75.9 Å². The molecule has 9 nitrogen and oxygen atoms in total. The predicted molar refractivity (Wildman–Crippen MR) is 168 cm³/mol. The highest BCUT2D eigenvalue weighted by molar-refractivity contribution is 6.04. The monoisotopic (exact) mass is 571 g/mol. The van der Waals surface area contributed by atoms with Crippen molar-refractivity contribution in [1.82, 2.24) is 33.8 Å². The largest absolute Gasteiger partial charge is 0.342 e. The number of benzene rings is 2. The summed E-state index contributed by atoms with van der Waals surface area (Å²) >= 11 is 0. The smallest absolute Gasteiger partial charge is 0.333 e. The molecule has 2 aromatic carbocycles. The molecule has 0 radical (unpaired) electrons. The number of likely N-dealkylation sites (tertiary alicyclic amines) is 1. The van der Waals surface area contributed by atoms with Gasteiger partial charge in [-0.3, -0.25) is 28.6 Å². The summed E-state index contributed by atoms with van der Waals surface area (Å²) in [7, 11) is 3.68. The Bertz CT molecular complexity index is 2030. The van der Waals surface area contributed by atoms with E-state index < -0.39 is 0 Å². The van der Waals surface area contributed by atoms with Gasteiger partial charge in [0.15, 0.2) is 0 Å². The topological polar surface area (TPSA) is 90.8 Å². The lowest BCUT2D eigenvalue weighted by Gasteiger charge is -2.33. The van der Waals surface area contributed by atoms with Gasteiger partial charge < -0.3 is 4.90 Å². The van der Waals surface area contributed by atoms with Crippen LogP contribution in [-0.2, 0) is 18.9 Å². The van der Waals surface area contributed by atoms with Crippen molar-refractivity contribution in [1.29, 1.82) is 0 Å². The maximum Gasteiger partial charge on any atom is 0.333 e. The third kappa shape index (κ3) is 4.70. The first-order valence-electron chi connectivity index (χ1n) is 14.7. The van der Waals surface area contributed by atoms with E-state index >= 15 is 0 Å². The van der Waals surface area contributed by atoms with Crippen LogP contribution in [0.15, 0.2) is 84.2 Å². The Morgan fingerprint density at radius 1 is 0.930 bits per heavy atom. The highest BCUT2D eigenvalue weighted by Gasteiger charge is 2.24. The fourth-order valence-electron chi connectivity index (χ4n) is 6.30. The zero-order chi connectivity index (χ0) is 29.7. The third-order valence-electron chi connectivity index (χ3n) is 8.68. The van der Waals surface area contributed by atoms with Gasteiger partial charge in [0.2, 0.25) is 5.91 Å². The van der Waals surface area contributed by atoms with Gasteiger partial charge in [0, 0.05) is 68.4 Å². The molecule has 1 aliphatic rings. The van der Waals surface area contributed by atoms with Gasteiger partial charge in [0.25, 0.3) is 0 Å². The molecule has 5 heterocycles. The van der Waals surface area contributed by atoms with E-state index in [1.54, 1.807) is 33.3 Å². The second-order valence-corrected chi connectivity index (χ2v) is 11.4. The lowest BCUT2D eigenvalue weighted by molar-refractivity contribution is -0.132. The van der Waals surface area contributed by atoms with Crippen molar-refractivity contribution in [3.05, 3.63) is 95.4 Å². The van der Waals surface area contributed by atoms with E-state index in [-0.39, 0.29) is 11.6 Å². The van der Waals surface area contributed by atoms with E-state index in [4.69, 9.17) is 0 Å². The number of piperidine rings is 1. The van der Waals surface area contributed by atoms with Crippen molar-refractivity contribution in [3.63, 3.8) is 0 Å². The maximum atomic E-state index is 13.6. The molecule has 0 aliphatic carbocycles. The zero-order valence-electron chi connectivity index (χ0n) is 24.6. The molecule has 0 saturated carbocycles. The summed E-state index contributed by atoms with van der Waals surface area (Å²) < 4.78 is 5.20. The molecule has 43 heavy (non-hydrogen) atoms. The highest BCUT2D eigenvalue weighted by atomic mass is 16.2. The number of hydrogen-bond acceptors (Lipinski definition) is 5. The summed E-state index contributed by atoms with van der Waals surface area (Å²) in [6.07, 6.45) is 9.98. The second kappa shape index (κ2) is 10.7. The standard InChI is InChI=1S/C34H33N7O2/c1-4-32(42)40-15-5-6-25(21-40)22-7-11-27(12-8-22)41-33-28-16-23(9-14-30(28)36-19-31(33)39(3)34(41)43)24-10-13-29(35-17-24)26-18-37-38(2)20-26/h7-14,16-20,25H,4-6,15,21H2,1-3H3. The van der Waals surface area contributed by atoms with Gasteiger partial charge in [-0.1, -0.05) is 31.2 Å². The van der Waals surface area contributed by atoms with Crippen LogP contribution in [-0.4, -0.2) is 52.8 Å². The molecule has 1 unspecified atom stereocenters. The summed E-state index contributed by atoms with van der Waals surface area (Å²) in [5, 5.41) is 5.14. The maximum absolute atomic E-state index is 13.6. The molecule has 0 spiro atoms. The van der Waals surface area contributed by atoms with Crippen LogP contribution in [0.3, 0.4) is 0 Å². The van der Waals surface area contributed by atoms with Crippen LogP contribution < -0.4 is 5.69 Å². The van der Waals surface area contributed by atoms with E-state index in [9.17, 15) is 9.59 Å². The SMILES string of the molecule is CCC(=O)N1CCCC(c2ccc(-n3c(=O)n(C)c4cnc5ccc(-c6ccc(-c7cnn(C)c7)nc6)cc5c43)cc2)C1. The highest BCUT2D eigenvalue weighted by Crippen LogP contribution is 2.32. The molecule has 0 bridgehead atoms. The second-order valence-electron chi connectivity index (χ2n) is 11.4. The van der Waals surface area contributed by atoms with Gasteiger partial charge in [-0.2, -0.15) is 5.10 Å². The Morgan fingerprint density at radius 2 is 1.74 bits per heavy atom. The molecular weight excluding hydrogens is 538 g/mol. The van der Waals surface area contributed by atoms with Crippen molar-refractivity contribution in [2.24, 2.45) is 14.1 Å². The Balaban J connectivity index is 1.28. The number of fused-ring (bicyclic) bond motifs is 3. The molecule has 216 valence electrons. The molecule has 6 aromatic rings. The van der Waals surface area contributed by atoms with Crippen molar-refractivity contribution in [3.8, 4) is 28.1 Å². The fraction of sp³-hybridized carbons (Fsp3) is 0.265. The van der Waals surface area contributed by atoms with Crippen LogP contribution in [0.4, 0.5) is 0 Å². The number of aromatic nitrogens is 6. The summed E-state index contributed by atoms with van der Waals surface area (Å²) in [5.41, 5.74) is 8.08. The number of carbonyl (C=O) groups excluding carboxylic acids is 1. The molecule has 4 aromatic heterocycles. The Morgan fingerprint density at radius 3 is 2.47 bits per heavy atom. The van der Waals surface area contributed by atoms with Crippen molar-refractivity contribution >= 4 is 27.8 Å². The van der Waals surface area contributed by atoms with Gasteiger partial charge in [-0.25, -0.2) is 4.79 Å². The number of aryl methyl sites for hydroxylation is 2. The average Bonchev–Trinajstić information content (AvgIpc) is 3.60. The van der Waals surface area contributed by atoms with Gasteiger partial charge in [0.05, 0.1) is 40.3 Å². The number of rotatable bonds is 5. The number of nitrogens with zero attached hydrogens (tertiary/aromatic N) is 7. The number of pyridine rings is 2. The first kappa shape index (κ1) is 26.8. The summed E-state index contributed by atoms with van der Waals surface area (Å²) in [6.45, 7) is 3.50. The minimum atomic E-state index is -0.123. The van der Waals surface area contributed by atoms with Gasteiger partial charge in [0.1, 0.15) is 0 Å². The fourth-order valence-corrected chi connectivity index (χ4v) is 6.30. The van der Waals surface area contributed by atoms with Crippen LogP contribution in [0.5, 0.6) is 0 Å². The Labute approximate surface area is 249 Å². The minimum absolute atomic E-state index is 0.123. The number of imidazole rings is 1. The summed E-state index contributed by atoms with van der Waals surface area (Å²) in [5.74, 6) is 0.511. The van der Waals surface area contributed by atoms with Gasteiger partial charge in [-0.15, -0.1) is 0 Å². The molecular formula is C34H33N7O2. The first-order chi connectivity index (χ1) is 20.9. The van der Waals surface area contributed by atoms with E-state index in [2.05, 4.69) is 39.3 Å². The number of carbonyl (C=O) groups is 1. The van der Waals surface area contributed by atoms with Crippen molar-refractivity contribution < 1.29 is 4.79 Å². The molecule has 9 heteroatoms. The summed E-state index contributed by atoms with van der Waals surface area (Å²) in [4.78, 5) is 37.3. The van der Waals surface area contributed by atoms with Crippen molar-refractivity contribution in [2.75, 3.05) is 13.1 Å². The first-order valence-corrected chi connectivity index (χ1v) is 14.7. The van der Waals surface area contributed by atoms with Crippen LogP contribution in [0.2, 0.25) is 0 Å². The van der Waals surface area contributed by atoms with Crippen LogP contribution in [0.1, 0.15) is 37.7 Å². The lowest BCUT2D eigenvalue weighted by atomic mass is 9.90. The van der Waals surface area contributed by atoms with Crippen LogP contribution in [0, 0.1) is 0 Å². The molecule has 1 fully saturated rings. The summed E-state index contributed by atoms with van der Waals surface area (Å²) in [6, 6.07) is 18.4. The molecule has 1 amide bonds. The number of amides is 1. The molecule has 1 aliphatic heterocycles. The molecule has 1 saturated heterocycles. The van der Waals surface area contributed by atoms with Crippen LogP contribution >= 0.6 is 0 Å². The average molecular weight is 572 g/mol. The van der Waals surface area contributed by atoms with Crippen LogP contribution in [0.25, 0.3) is 50.0 Å². The normalized spacial score (nSPS) is 15.4. The Hall–Kier alpha value is -5.05. The van der Waals surface area contributed by atoms with E-state index in [0.29, 0.717) is 12.3 Å². The van der Waals surface area contributed by atoms with Crippen molar-refractivity contribution in [2.45, 2.75) is 32.1 Å². The van der Waals surface area contributed by atoms with Gasteiger partial charge >= 0.3 is 5.69 Å². The molecule has 1 atom stereocenters. The minimum Gasteiger partial charge on any atom is -0.342 e. The Kier molecular flexibility index (Phi) is 6.65. The predicted octanol–water partition coefficient (Wildman–Crippen LogP) is 5.46. The number of hydrogen-bond donors (Lipinski definition) is 0. The zero-order valence-corrected chi connectivity index (χ0v) is 24.6. The molecule has 7 rings (SSSR count). The quantitative estimate of drug-likeness (QED) is 0.274. The van der Waals surface area contributed by atoms with E-state index in [1.807, 2.05) is 61.6 Å². The van der Waals surface area contributed by atoms with Gasteiger partial charge in [-0.05, 0) is 54.3 Å². The van der Waals surface area contributed by atoms with E-state index in [1.165, 1.54) is 5.56 Å². The lowest BCUT2D eigenvalue weighted by Crippen LogP contribution is -2.38. The molecule has 0 N–H and O–H groups in total.